The first kappa shape index (κ1) is 13.9. The van der Waals surface area contributed by atoms with Gasteiger partial charge in [0, 0.05) is 23.2 Å². The summed E-state index contributed by atoms with van der Waals surface area (Å²) in [5.74, 6) is 4.83. The molecule has 4 saturated carbocycles. The van der Waals surface area contributed by atoms with Crippen molar-refractivity contribution in [2.45, 2.75) is 44.7 Å². The molecule has 0 aromatic heterocycles. The van der Waals surface area contributed by atoms with Crippen LogP contribution in [0.25, 0.3) is 0 Å². The molecule has 4 aliphatic rings. The fourth-order valence-electron chi connectivity index (χ4n) is 5.37. The second-order valence-electron chi connectivity index (χ2n) is 7.29. The summed E-state index contributed by atoms with van der Waals surface area (Å²) in [5.41, 5.74) is 1.18. The van der Waals surface area contributed by atoms with Gasteiger partial charge in [0.2, 0.25) is 0 Å². The Morgan fingerprint density at radius 2 is 1.76 bits per heavy atom. The number of halogens is 1. The standard InChI is InChI=1S/C18H24ClNO/c1-21-17-3-2-16(19)9-15(17)10-20-18-13-5-11-4-12(7-13)8-14(18)6-11/h2-3,9,11-14,18,20H,4-8,10H2,1H3. The number of hydrogen-bond donors (Lipinski definition) is 1. The molecule has 3 heteroatoms. The van der Waals surface area contributed by atoms with E-state index < -0.39 is 0 Å². The van der Waals surface area contributed by atoms with E-state index in [0.717, 1.165) is 41.0 Å². The minimum Gasteiger partial charge on any atom is -0.496 e. The third kappa shape index (κ3) is 2.57. The quantitative estimate of drug-likeness (QED) is 0.897. The zero-order valence-electron chi connectivity index (χ0n) is 12.6. The number of hydrogen-bond acceptors (Lipinski definition) is 2. The lowest BCUT2D eigenvalue weighted by atomic mass is 9.54. The van der Waals surface area contributed by atoms with Crippen molar-refractivity contribution in [3.05, 3.63) is 28.8 Å². The Kier molecular flexibility index (Phi) is 3.63. The van der Waals surface area contributed by atoms with Crippen LogP contribution >= 0.6 is 11.6 Å². The van der Waals surface area contributed by atoms with Gasteiger partial charge in [-0.05, 0) is 74.0 Å². The third-order valence-electron chi connectivity index (χ3n) is 6.00. The van der Waals surface area contributed by atoms with E-state index in [4.69, 9.17) is 16.3 Å². The van der Waals surface area contributed by atoms with E-state index in [1.807, 2.05) is 18.2 Å². The molecule has 1 aromatic carbocycles. The molecule has 0 spiro atoms. The lowest BCUT2D eigenvalue weighted by molar-refractivity contribution is -0.0143. The molecule has 0 saturated heterocycles. The Bertz CT molecular complexity index is 502. The summed E-state index contributed by atoms with van der Waals surface area (Å²) in [6, 6.07) is 6.61. The van der Waals surface area contributed by atoms with Crippen LogP contribution in [-0.4, -0.2) is 13.2 Å². The van der Waals surface area contributed by atoms with E-state index in [1.54, 1.807) is 7.11 Å². The molecule has 0 unspecified atom stereocenters. The average molecular weight is 306 g/mol. The van der Waals surface area contributed by atoms with Crippen molar-refractivity contribution in [1.82, 2.24) is 5.32 Å². The van der Waals surface area contributed by atoms with Crippen LogP contribution in [0.4, 0.5) is 0 Å². The number of rotatable bonds is 4. The van der Waals surface area contributed by atoms with Crippen molar-refractivity contribution in [3.63, 3.8) is 0 Å². The first-order valence-corrected chi connectivity index (χ1v) is 8.66. The first-order valence-electron chi connectivity index (χ1n) is 8.28. The first-order chi connectivity index (χ1) is 10.2. The molecule has 4 aliphatic carbocycles. The van der Waals surface area contributed by atoms with E-state index in [1.165, 1.54) is 37.7 Å². The molecule has 0 atom stereocenters. The van der Waals surface area contributed by atoms with Crippen molar-refractivity contribution in [2.75, 3.05) is 7.11 Å². The van der Waals surface area contributed by atoms with Gasteiger partial charge >= 0.3 is 0 Å². The summed E-state index contributed by atoms with van der Waals surface area (Å²) in [7, 11) is 1.73. The van der Waals surface area contributed by atoms with Crippen LogP contribution < -0.4 is 10.1 Å². The third-order valence-corrected chi connectivity index (χ3v) is 6.23. The molecule has 1 aromatic rings. The molecule has 0 radical (unpaired) electrons. The predicted octanol–water partition coefficient (Wildman–Crippen LogP) is 4.26. The Balaban J connectivity index is 1.46. The highest BCUT2D eigenvalue weighted by Crippen LogP contribution is 2.53. The van der Waals surface area contributed by atoms with Crippen LogP contribution in [0.5, 0.6) is 5.75 Å². The van der Waals surface area contributed by atoms with E-state index >= 15 is 0 Å². The molecule has 0 amide bonds. The molecule has 4 fully saturated rings. The van der Waals surface area contributed by atoms with Gasteiger partial charge in [0.25, 0.3) is 0 Å². The van der Waals surface area contributed by atoms with Crippen LogP contribution in [0, 0.1) is 23.7 Å². The van der Waals surface area contributed by atoms with Crippen molar-refractivity contribution in [1.29, 1.82) is 0 Å². The van der Waals surface area contributed by atoms with Gasteiger partial charge in [-0.3, -0.25) is 0 Å². The zero-order chi connectivity index (χ0) is 14.4. The van der Waals surface area contributed by atoms with Gasteiger partial charge in [-0.2, -0.15) is 0 Å². The Morgan fingerprint density at radius 3 is 2.38 bits per heavy atom. The maximum Gasteiger partial charge on any atom is 0.123 e. The molecule has 21 heavy (non-hydrogen) atoms. The fraction of sp³-hybridized carbons (Fsp3) is 0.667. The molecule has 0 aliphatic heterocycles. The van der Waals surface area contributed by atoms with Gasteiger partial charge < -0.3 is 10.1 Å². The summed E-state index contributed by atoms with van der Waals surface area (Å²) in [4.78, 5) is 0. The van der Waals surface area contributed by atoms with E-state index in [2.05, 4.69) is 5.32 Å². The van der Waals surface area contributed by atoms with Gasteiger partial charge in [-0.15, -0.1) is 0 Å². The van der Waals surface area contributed by atoms with Gasteiger partial charge in [-0.25, -0.2) is 0 Å². The smallest absolute Gasteiger partial charge is 0.123 e. The largest absolute Gasteiger partial charge is 0.496 e. The summed E-state index contributed by atoms with van der Waals surface area (Å²) >= 11 is 6.13. The monoisotopic (exact) mass is 305 g/mol. The molecule has 4 bridgehead atoms. The minimum atomic E-state index is 0.710. The van der Waals surface area contributed by atoms with E-state index in [9.17, 15) is 0 Å². The lowest BCUT2D eigenvalue weighted by Gasteiger charge is -2.54. The molecule has 1 N–H and O–H groups in total. The van der Waals surface area contributed by atoms with Gasteiger partial charge in [0.15, 0.2) is 0 Å². The Morgan fingerprint density at radius 1 is 1.10 bits per heavy atom. The molecule has 5 rings (SSSR count). The van der Waals surface area contributed by atoms with Gasteiger partial charge in [-0.1, -0.05) is 11.6 Å². The van der Waals surface area contributed by atoms with Crippen LogP contribution in [0.1, 0.15) is 37.7 Å². The summed E-state index contributed by atoms with van der Waals surface area (Å²) < 4.78 is 5.46. The SMILES string of the molecule is COc1ccc(Cl)cc1CNC1C2CC3CC(C2)CC1C3. The van der Waals surface area contributed by atoms with Crippen LogP contribution in [0.2, 0.25) is 5.02 Å². The molecular weight excluding hydrogens is 282 g/mol. The average Bonchev–Trinajstić information content (AvgIpc) is 2.46. The van der Waals surface area contributed by atoms with Crippen LogP contribution in [0.15, 0.2) is 18.2 Å². The maximum atomic E-state index is 6.13. The summed E-state index contributed by atoms with van der Waals surface area (Å²) in [6.07, 6.45) is 7.34. The van der Waals surface area contributed by atoms with E-state index in [0.29, 0.717) is 6.04 Å². The molecular formula is C18H24ClNO. The maximum absolute atomic E-state index is 6.13. The molecule has 2 nitrogen and oxygen atoms in total. The number of nitrogens with one attached hydrogen (secondary N) is 1. The van der Waals surface area contributed by atoms with Crippen molar-refractivity contribution in [3.8, 4) is 5.75 Å². The fourth-order valence-corrected chi connectivity index (χ4v) is 5.57. The van der Waals surface area contributed by atoms with Crippen molar-refractivity contribution in [2.24, 2.45) is 23.7 Å². The van der Waals surface area contributed by atoms with Crippen LogP contribution in [0.3, 0.4) is 0 Å². The topological polar surface area (TPSA) is 21.3 Å². The predicted molar refractivity (Wildman–Crippen MR) is 85.7 cm³/mol. The minimum absolute atomic E-state index is 0.710. The number of methoxy groups -OCH3 is 1. The highest BCUT2D eigenvalue weighted by Gasteiger charge is 2.47. The van der Waals surface area contributed by atoms with Gasteiger partial charge in [0.05, 0.1) is 7.11 Å². The number of ether oxygens (including phenoxy) is 1. The van der Waals surface area contributed by atoms with Crippen LogP contribution in [-0.2, 0) is 6.54 Å². The highest BCUT2D eigenvalue weighted by molar-refractivity contribution is 6.30. The molecule has 114 valence electrons. The van der Waals surface area contributed by atoms with Crippen molar-refractivity contribution >= 4 is 11.6 Å². The Hall–Kier alpha value is -0.730. The molecule has 0 heterocycles. The lowest BCUT2D eigenvalue weighted by Crippen LogP contribution is -2.54. The summed E-state index contributed by atoms with van der Waals surface area (Å²) in [5, 5.41) is 4.63. The normalized spacial score (nSPS) is 37.0. The highest BCUT2D eigenvalue weighted by atomic mass is 35.5. The second kappa shape index (κ2) is 5.48. The Labute approximate surface area is 132 Å². The second-order valence-corrected chi connectivity index (χ2v) is 7.73. The van der Waals surface area contributed by atoms with E-state index in [-0.39, 0.29) is 0 Å². The van der Waals surface area contributed by atoms with Gasteiger partial charge in [0.1, 0.15) is 5.75 Å². The number of benzene rings is 1. The summed E-state index contributed by atoms with van der Waals surface area (Å²) in [6.45, 7) is 0.872. The van der Waals surface area contributed by atoms with Crippen molar-refractivity contribution < 1.29 is 4.74 Å². The zero-order valence-corrected chi connectivity index (χ0v) is 13.4.